The molecule has 2 fully saturated rings. The van der Waals surface area contributed by atoms with E-state index in [1.54, 1.807) is 7.11 Å². The van der Waals surface area contributed by atoms with Crippen molar-refractivity contribution in [3.8, 4) is 11.5 Å². The van der Waals surface area contributed by atoms with Crippen molar-refractivity contribution >= 4 is 11.6 Å². The minimum atomic E-state index is 0.0458. The van der Waals surface area contributed by atoms with Gasteiger partial charge in [-0.2, -0.15) is 0 Å². The number of hydrogen-bond acceptors (Lipinski definition) is 3. The Bertz CT molecular complexity index is 522. The van der Waals surface area contributed by atoms with E-state index in [1.165, 1.54) is 37.7 Å². The number of benzene rings is 1. The summed E-state index contributed by atoms with van der Waals surface area (Å²) < 4.78 is 11.5. The van der Waals surface area contributed by atoms with E-state index >= 15 is 0 Å². The van der Waals surface area contributed by atoms with Gasteiger partial charge in [0.2, 0.25) is 0 Å². The summed E-state index contributed by atoms with van der Waals surface area (Å²) >= 11 is 6.51. The third-order valence-corrected chi connectivity index (χ3v) is 5.48. The first-order valence-electron chi connectivity index (χ1n) is 8.39. The van der Waals surface area contributed by atoms with Crippen molar-refractivity contribution in [3.63, 3.8) is 0 Å². The van der Waals surface area contributed by atoms with Crippen LogP contribution >= 0.6 is 11.6 Å². The molecule has 2 aliphatic carbocycles. The molecule has 4 heteroatoms. The SMILES string of the molecule is COc1cc(C2(CN)CCCCC2)cc(Cl)c1OCC1CC1. The molecule has 1 aromatic rings. The molecule has 2 aliphatic rings. The van der Waals surface area contributed by atoms with E-state index in [0.29, 0.717) is 23.2 Å². The molecule has 3 nitrogen and oxygen atoms in total. The highest BCUT2D eigenvalue weighted by atomic mass is 35.5. The van der Waals surface area contributed by atoms with Crippen molar-refractivity contribution < 1.29 is 9.47 Å². The van der Waals surface area contributed by atoms with E-state index < -0.39 is 0 Å². The van der Waals surface area contributed by atoms with Gasteiger partial charge in [-0.25, -0.2) is 0 Å². The summed E-state index contributed by atoms with van der Waals surface area (Å²) in [5.41, 5.74) is 7.39. The molecule has 0 aliphatic heterocycles. The molecule has 0 atom stereocenters. The Labute approximate surface area is 138 Å². The average molecular weight is 324 g/mol. The van der Waals surface area contributed by atoms with Crippen LogP contribution in [0.4, 0.5) is 0 Å². The van der Waals surface area contributed by atoms with Crippen molar-refractivity contribution in [1.29, 1.82) is 0 Å². The molecule has 0 radical (unpaired) electrons. The normalized spacial score (nSPS) is 20.7. The van der Waals surface area contributed by atoms with Crippen molar-refractivity contribution in [1.82, 2.24) is 0 Å². The molecule has 3 rings (SSSR count). The molecule has 2 N–H and O–H groups in total. The van der Waals surface area contributed by atoms with Gasteiger partial charge in [-0.1, -0.05) is 30.9 Å². The van der Waals surface area contributed by atoms with Crippen LogP contribution in [0.1, 0.15) is 50.5 Å². The maximum atomic E-state index is 6.51. The number of hydrogen-bond donors (Lipinski definition) is 1. The first-order valence-corrected chi connectivity index (χ1v) is 8.77. The molecule has 0 bridgehead atoms. The maximum absolute atomic E-state index is 6.51. The lowest BCUT2D eigenvalue weighted by Gasteiger charge is -2.37. The standard InChI is InChI=1S/C18H26ClNO2/c1-21-16-10-14(18(12-20)7-3-2-4-8-18)9-15(19)17(16)22-11-13-5-6-13/h9-10,13H,2-8,11-12,20H2,1H3. The van der Waals surface area contributed by atoms with E-state index in [1.807, 2.05) is 6.07 Å². The number of ether oxygens (including phenoxy) is 2. The van der Waals surface area contributed by atoms with Crippen molar-refractivity contribution in [2.75, 3.05) is 20.3 Å². The largest absolute Gasteiger partial charge is 0.493 e. The minimum absolute atomic E-state index is 0.0458. The quantitative estimate of drug-likeness (QED) is 0.849. The van der Waals surface area contributed by atoms with E-state index in [-0.39, 0.29) is 5.41 Å². The lowest BCUT2D eigenvalue weighted by molar-refractivity contribution is 0.276. The van der Waals surface area contributed by atoms with Gasteiger partial charge in [0.15, 0.2) is 11.5 Å². The molecular weight excluding hydrogens is 298 g/mol. The van der Waals surface area contributed by atoms with Gasteiger partial charge >= 0.3 is 0 Å². The minimum Gasteiger partial charge on any atom is -0.493 e. The summed E-state index contributed by atoms with van der Waals surface area (Å²) in [7, 11) is 1.68. The molecule has 0 heterocycles. The first kappa shape index (κ1) is 15.9. The van der Waals surface area contributed by atoms with Crippen LogP contribution in [0, 0.1) is 5.92 Å². The van der Waals surface area contributed by atoms with E-state index in [4.69, 9.17) is 26.8 Å². The second kappa shape index (κ2) is 6.67. The Morgan fingerprint density at radius 3 is 2.55 bits per heavy atom. The van der Waals surface area contributed by atoms with Gasteiger partial charge < -0.3 is 15.2 Å². The highest BCUT2D eigenvalue weighted by molar-refractivity contribution is 6.32. The number of nitrogens with two attached hydrogens (primary N) is 1. The van der Waals surface area contributed by atoms with Crippen molar-refractivity contribution in [3.05, 3.63) is 22.7 Å². The van der Waals surface area contributed by atoms with Gasteiger partial charge in [-0.3, -0.25) is 0 Å². The Morgan fingerprint density at radius 1 is 1.23 bits per heavy atom. The maximum Gasteiger partial charge on any atom is 0.179 e. The van der Waals surface area contributed by atoms with E-state index in [0.717, 1.165) is 25.2 Å². The molecule has 0 unspecified atom stereocenters. The predicted octanol–water partition coefficient (Wildman–Crippen LogP) is 4.30. The van der Waals surface area contributed by atoms with Crippen LogP contribution in [-0.2, 0) is 5.41 Å². The zero-order valence-electron chi connectivity index (χ0n) is 13.4. The van der Waals surface area contributed by atoms with Gasteiger partial charge in [-0.05, 0) is 49.3 Å². The molecule has 0 aromatic heterocycles. The molecule has 0 amide bonds. The van der Waals surface area contributed by atoms with Crippen LogP contribution in [0.25, 0.3) is 0 Å². The molecule has 1 aromatic carbocycles. The van der Waals surface area contributed by atoms with Gasteiger partial charge in [0.25, 0.3) is 0 Å². The van der Waals surface area contributed by atoms with Crippen LogP contribution in [0.15, 0.2) is 12.1 Å². The summed E-state index contributed by atoms with van der Waals surface area (Å²) in [6.45, 7) is 1.40. The third-order valence-electron chi connectivity index (χ3n) is 5.20. The number of methoxy groups -OCH3 is 1. The van der Waals surface area contributed by atoms with Crippen molar-refractivity contribution in [2.45, 2.75) is 50.4 Å². The second-order valence-corrected chi connectivity index (χ2v) is 7.20. The van der Waals surface area contributed by atoms with Crippen LogP contribution in [0.5, 0.6) is 11.5 Å². The zero-order valence-corrected chi connectivity index (χ0v) is 14.1. The predicted molar refractivity (Wildman–Crippen MR) is 90.0 cm³/mol. The Kier molecular flexibility index (Phi) is 4.84. The average Bonchev–Trinajstić information content (AvgIpc) is 3.38. The lowest BCUT2D eigenvalue weighted by Crippen LogP contribution is -2.37. The van der Waals surface area contributed by atoms with Crippen LogP contribution < -0.4 is 15.2 Å². The fourth-order valence-corrected chi connectivity index (χ4v) is 3.76. The van der Waals surface area contributed by atoms with Gasteiger partial charge in [0.05, 0.1) is 18.7 Å². The summed E-state index contributed by atoms with van der Waals surface area (Å²) in [5.74, 6) is 2.11. The fourth-order valence-electron chi connectivity index (χ4n) is 3.49. The fraction of sp³-hybridized carbons (Fsp3) is 0.667. The summed E-state index contributed by atoms with van der Waals surface area (Å²) in [5, 5.41) is 0.647. The number of halogens is 1. The number of rotatable bonds is 6. The van der Waals surface area contributed by atoms with Crippen LogP contribution in [0.2, 0.25) is 5.02 Å². The topological polar surface area (TPSA) is 44.5 Å². The monoisotopic (exact) mass is 323 g/mol. The first-order chi connectivity index (χ1) is 10.7. The zero-order chi connectivity index (χ0) is 15.6. The molecule has 0 spiro atoms. The van der Waals surface area contributed by atoms with Gasteiger partial charge in [-0.15, -0.1) is 0 Å². The highest BCUT2D eigenvalue weighted by Gasteiger charge is 2.34. The lowest BCUT2D eigenvalue weighted by atomic mass is 9.69. The molecule has 2 saturated carbocycles. The molecule has 122 valence electrons. The summed E-state index contributed by atoms with van der Waals surface area (Å²) in [6, 6.07) is 4.14. The third kappa shape index (κ3) is 3.21. The van der Waals surface area contributed by atoms with Crippen molar-refractivity contribution in [2.24, 2.45) is 11.7 Å². The van der Waals surface area contributed by atoms with Gasteiger partial charge in [0.1, 0.15) is 0 Å². The van der Waals surface area contributed by atoms with Crippen LogP contribution in [-0.4, -0.2) is 20.3 Å². The van der Waals surface area contributed by atoms with Gasteiger partial charge in [0, 0.05) is 12.0 Å². The summed E-state index contributed by atoms with van der Waals surface area (Å²) in [4.78, 5) is 0. The Morgan fingerprint density at radius 2 is 1.95 bits per heavy atom. The van der Waals surface area contributed by atoms with Crippen LogP contribution in [0.3, 0.4) is 0 Å². The molecule has 22 heavy (non-hydrogen) atoms. The molecule has 0 saturated heterocycles. The Balaban J connectivity index is 1.89. The summed E-state index contributed by atoms with van der Waals surface area (Å²) in [6.07, 6.45) is 8.54. The molecular formula is C18H26ClNO2. The smallest absolute Gasteiger partial charge is 0.179 e. The van der Waals surface area contributed by atoms with E-state index in [9.17, 15) is 0 Å². The van der Waals surface area contributed by atoms with E-state index in [2.05, 4.69) is 6.07 Å². The second-order valence-electron chi connectivity index (χ2n) is 6.79. The Hall–Kier alpha value is -0.930. The highest BCUT2D eigenvalue weighted by Crippen LogP contribution is 2.45.